The lowest BCUT2D eigenvalue weighted by molar-refractivity contribution is 0.627. The van der Waals surface area contributed by atoms with Gasteiger partial charge in [-0.1, -0.05) is 13.8 Å². The average Bonchev–Trinajstić information content (AvgIpc) is 2.78. The predicted molar refractivity (Wildman–Crippen MR) is 77.3 cm³/mol. The molecule has 0 amide bonds. The van der Waals surface area contributed by atoms with E-state index in [2.05, 4.69) is 18.4 Å². The average molecular weight is 271 g/mol. The minimum Gasteiger partial charge on any atom is -0.313 e. The highest BCUT2D eigenvalue weighted by atomic mass is 19.1. The van der Waals surface area contributed by atoms with Crippen molar-refractivity contribution in [1.82, 2.24) is 4.57 Å². The quantitative estimate of drug-likeness (QED) is 0.616. The molecular weight excluding hydrogens is 256 g/mol. The molecule has 0 bridgehead atoms. The Bertz CT molecular complexity index is 755. The molecular formula is C17H15F2N. The number of halogens is 2. The van der Waals surface area contributed by atoms with Gasteiger partial charge in [0.25, 0.3) is 0 Å². The smallest absolute Gasteiger partial charge is 0.123 e. The molecule has 0 aliphatic carbocycles. The van der Waals surface area contributed by atoms with Gasteiger partial charge in [0.2, 0.25) is 0 Å². The second-order valence-corrected chi connectivity index (χ2v) is 5.24. The Hall–Kier alpha value is -2.16. The van der Waals surface area contributed by atoms with E-state index in [0.29, 0.717) is 0 Å². The first-order valence-electron chi connectivity index (χ1n) is 6.63. The normalized spacial score (nSPS) is 11.4. The second-order valence-electron chi connectivity index (χ2n) is 5.24. The Morgan fingerprint density at radius 2 is 1.50 bits per heavy atom. The Kier molecular flexibility index (Phi) is 3.05. The molecule has 20 heavy (non-hydrogen) atoms. The van der Waals surface area contributed by atoms with Crippen LogP contribution in [-0.2, 0) is 0 Å². The molecule has 3 rings (SSSR count). The van der Waals surface area contributed by atoms with Gasteiger partial charge in [0.1, 0.15) is 11.6 Å². The van der Waals surface area contributed by atoms with E-state index < -0.39 is 0 Å². The lowest BCUT2D eigenvalue weighted by Crippen LogP contribution is -2.01. The molecule has 1 aromatic heterocycles. The van der Waals surface area contributed by atoms with Crippen LogP contribution in [0.3, 0.4) is 0 Å². The molecule has 0 N–H and O–H groups in total. The van der Waals surface area contributed by atoms with Gasteiger partial charge in [-0.05, 0) is 54.4 Å². The molecule has 1 heterocycles. The number of nitrogens with zero attached hydrogens (tertiary/aromatic N) is 1. The van der Waals surface area contributed by atoms with Crippen molar-refractivity contribution < 1.29 is 8.78 Å². The highest BCUT2D eigenvalue weighted by Crippen LogP contribution is 2.29. The van der Waals surface area contributed by atoms with Gasteiger partial charge in [-0.15, -0.1) is 0 Å². The summed E-state index contributed by atoms with van der Waals surface area (Å²) >= 11 is 0. The van der Waals surface area contributed by atoms with Gasteiger partial charge in [0.05, 0.1) is 5.52 Å². The number of hydrogen-bond acceptors (Lipinski definition) is 0. The molecule has 3 heteroatoms. The third-order valence-corrected chi connectivity index (χ3v) is 3.47. The number of benzene rings is 2. The van der Waals surface area contributed by atoms with Crippen molar-refractivity contribution in [3.05, 3.63) is 65.9 Å². The van der Waals surface area contributed by atoms with Gasteiger partial charge >= 0.3 is 0 Å². The van der Waals surface area contributed by atoms with E-state index >= 15 is 0 Å². The van der Waals surface area contributed by atoms with E-state index in [-0.39, 0.29) is 17.6 Å². The molecule has 0 spiro atoms. The summed E-state index contributed by atoms with van der Waals surface area (Å²) in [4.78, 5) is 0. The second kappa shape index (κ2) is 4.75. The van der Waals surface area contributed by atoms with Gasteiger partial charge < -0.3 is 4.57 Å². The molecule has 102 valence electrons. The van der Waals surface area contributed by atoms with Crippen molar-refractivity contribution in [2.45, 2.75) is 19.8 Å². The van der Waals surface area contributed by atoms with E-state index in [1.807, 2.05) is 6.07 Å². The summed E-state index contributed by atoms with van der Waals surface area (Å²) in [6.45, 7) is 4.18. The number of fused-ring (bicyclic) bond motifs is 1. The van der Waals surface area contributed by atoms with Crippen molar-refractivity contribution in [3.63, 3.8) is 0 Å². The lowest BCUT2D eigenvalue weighted by atomic mass is 10.1. The topological polar surface area (TPSA) is 4.93 Å². The summed E-state index contributed by atoms with van der Waals surface area (Å²) in [7, 11) is 0. The largest absolute Gasteiger partial charge is 0.313 e. The third-order valence-electron chi connectivity index (χ3n) is 3.47. The fourth-order valence-corrected chi connectivity index (χ4v) is 2.51. The summed E-state index contributed by atoms with van der Waals surface area (Å²) in [6.07, 6.45) is 0. The van der Waals surface area contributed by atoms with Crippen LogP contribution in [-0.4, -0.2) is 4.57 Å². The molecule has 0 atom stereocenters. The van der Waals surface area contributed by atoms with Gasteiger partial charge in [0.15, 0.2) is 0 Å². The van der Waals surface area contributed by atoms with Gasteiger partial charge in [-0.3, -0.25) is 0 Å². The molecule has 0 aliphatic heterocycles. The standard InChI is InChI=1S/C17H15F2N/c1-11(2)17-10-12-9-14(19)5-8-16(12)20(17)15-6-3-13(18)4-7-15/h3-11H,1-2H3. The molecule has 0 unspecified atom stereocenters. The Morgan fingerprint density at radius 3 is 2.15 bits per heavy atom. The maximum atomic E-state index is 13.4. The molecule has 0 saturated heterocycles. The van der Waals surface area contributed by atoms with Crippen molar-refractivity contribution >= 4 is 10.9 Å². The van der Waals surface area contributed by atoms with E-state index in [1.54, 1.807) is 18.2 Å². The molecule has 0 fully saturated rings. The van der Waals surface area contributed by atoms with Gasteiger partial charge in [0, 0.05) is 16.8 Å². The minimum atomic E-state index is -0.262. The number of aromatic nitrogens is 1. The van der Waals surface area contributed by atoms with E-state index in [9.17, 15) is 8.78 Å². The van der Waals surface area contributed by atoms with E-state index in [4.69, 9.17) is 0 Å². The molecule has 0 aliphatic rings. The lowest BCUT2D eigenvalue weighted by Gasteiger charge is -2.13. The zero-order valence-electron chi connectivity index (χ0n) is 11.4. The van der Waals surface area contributed by atoms with Crippen LogP contribution in [0.1, 0.15) is 25.5 Å². The van der Waals surface area contributed by atoms with E-state index in [0.717, 1.165) is 22.3 Å². The maximum absolute atomic E-state index is 13.4. The summed E-state index contributed by atoms with van der Waals surface area (Å²) in [5.74, 6) is -0.220. The third kappa shape index (κ3) is 2.09. The molecule has 2 aromatic carbocycles. The SMILES string of the molecule is CC(C)c1cc2cc(F)ccc2n1-c1ccc(F)cc1. The Morgan fingerprint density at radius 1 is 0.850 bits per heavy atom. The fraction of sp³-hybridized carbons (Fsp3) is 0.176. The zero-order valence-corrected chi connectivity index (χ0v) is 11.4. The van der Waals surface area contributed by atoms with Crippen molar-refractivity contribution in [1.29, 1.82) is 0 Å². The first-order chi connectivity index (χ1) is 9.56. The first-order valence-corrected chi connectivity index (χ1v) is 6.63. The summed E-state index contributed by atoms with van der Waals surface area (Å²) in [5, 5.41) is 0.859. The zero-order chi connectivity index (χ0) is 14.3. The molecule has 0 radical (unpaired) electrons. The van der Waals surface area contributed by atoms with Crippen LogP contribution in [0.4, 0.5) is 8.78 Å². The minimum absolute atomic E-state index is 0.246. The van der Waals surface area contributed by atoms with Crippen LogP contribution in [0.15, 0.2) is 48.5 Å². The highest BCUT2D eigenvalue weighted by Gasteiger charge is 2.13. The molecule has 1 nitrogen and oxygen atoms in total. The van der Waals surface area contributed by atoms with Crippen molar-refractivity contribution in [2.24, 2.45) is 0 Å². The molecule has 3 aromatic rings. The van der Waals surface area contributed by atoms with Crippen LogP contribution in [0.5, 0.6) is 0 Å². The first kappa shape index (κ1) is 12.9. The monoisotopic (exact) mass is 271 g/mol. The number of rotatable bonds is 2. The fourth-order valence-electron chi connectivity index (χ4n) is 2.51. The van der Waals surface area contributed by atoms with Crippen LogP contribution in [0.25, 0.3) is 16.6 Å². The van der Waals surface area contributed by atoms with Gasteiger partial charge in [-0.25, -0.2) is 8.78 Å². The van der Waals surface area contributed by atoms with Crippen LogP contribution >= 0.6 is 0 Å². The van der Waals surface area contributed by atoms with Crippen LogP contribution in [0.2, 0.25) is 0 Å². The van der Waals surface area contributed by atoms with Crippen LogP contribution < -0.4 is 0 Å². The van der Waals surface area contributed by atoms with E-state index in [1.165, 1.54) is 24.3 Å². The van der Waals surface area contributed by atoms with Crippen LogP contribution in [0, 0.1) is 11.6 Å². The Labute approximate surface area is 116 Å². The van der Waals surface area contributed by atoms with Crippen molar-refractivity contribution in [3.8, 4) is 5.69 Å². The predicted octanol–water partition coefficient (Wildman–Crippen LogP) is 5.03. The Balaban J connectivity index is 2.31. The maximum Gasteiger partial charge on any atom is 0.123 e. The summed E-state index contributed by atoms with van der Waals surface area (Å²) < 4.78 is 28.5. The summed E-state index contributed by atoms with van der Waals surface area (Å²) in [6, 6.07) is 13.1. The summed E-state index contributed by atoms with van der Waals surface area (Å²) in [5.41, 5.74) is 2.90. The number of hydrogen-bond donors (Lipinski definition) is 0. The van der Waals surface area contributed by atoms with Gasteiger partial charge in [-0.2, -0.15) is 0 Å². The highest BCUT2D eigenvalue weighted by molar-refractivity contribution is 5.83. The molecule has 0 saturated carbocycles. The van der Waals surface area contributed by atoms with Crippen molar-refractivity contribution in [2.75, 3.05) is 0 Å².